The summed E-state index contributed by atoms with van der Waals surface area (Å²) in [5.74, 6) is -4.55. The van der Waals surface area contributed by atoms with Crippen molar-refractivity contribution in [1.82, 2.24) is 19.9 Å². The quantitative estimate of drug-likeness (QED) is 0.265. The van der Waals surface area contributed by atoms with Crippen LogP contribution in [0.5, 0.6) is 0 Å². The molecule has 1 amide bonds. The highest BCUT2D eigenvalue weighted by Gasteiger charge is 2.39. The Hall–Kier alpha value is -3.25. The molecule has 0 unspecified atom stereocenters. The van der Waals surface area contributed by atoms with Gasteiger partial charge in [-0.05, 0) is 24.5 Å². The molecule has 0 radical (unpaired) electrons. The van der Waals surface area contributed by atoms with Crippen LogP contribution in [0.4, 0.5) is 14.6 Å². The molecular weight excluding hydrogens is 478 g/mol. The fourth-order valence-corrected chi connectivity index (χ4v) is 3.62. The van der Waals surface area contributed by atoms with Crippen LogP contribution in [-0.2, 0) is 23.8 Å². The third kappa shape index (κ3) is 5.96. The summed E-state index contributed by atoms with van der Waals surface area (Å²) in [7, 11) is 0. The first-order valence-corrected chi connectivity index (χ1v) is 11.1. The molecule has 3 aromatic heterocycles. The smallest absolute Gasteiger partial charge is 0.347 e. The number of alkyl halides is 2. The van der Waals surface area contributed by atoms with Crippen molar-refractivity contribution >= 4 is 35.1 Å². The number of hydrogen-bond donors (Lipinski definition) is 2. The first-order valence-electron chi connectivity index (χ1n) is 9.53. The lowest BCUT2D eigenvalue weighted by Gasteiger charge is -2.17. The molecule has 2 N–H and O–H groups in total. The number of halogens is 3. The van der Waals surface area contributed by atoms with Crippen LogP contribution in [-0.4, -0.2) is 33.2 Å². The van der Waals surface area contributed by atoms with Gasteiger partial charge in [0.1, 0.15) is 11.7 Å². The van der Waals surface area contributed by atoms with Crippen molar-refractivity contribution in [3.05, 3.63) is 81.0 Å². The van der Waals surface area contributed by atoms with Crippen LogP contribution in [0.3, 0.4) is 0 Å². The summed E-state index contributed by atoms with van der Waals surface area (Å²) in [6.45, 7) is -1.38. The molecule has 0 fully saturated rings. The summed E-state index contributed by atoms with van der Waals surface area (Å²) in [5.41, 5.74) is -0.989. The first-order chi connectivity index (χ1) is 15.7. The van der Waals surface area contributed by atoms with Crippen LogP contribution in [0.25, 0.3) is 0 Å². The highest BCUT2D eigenvalue weighted by Crippen LogP contribution is 2.25. The van der Waals surface area contributed by atoms with E-state index in [9.17, 15) is 23.6 Å². The lowest BCUT2D eigenvalue weighted by molar-refractivity contribution is -0.624. The molecule has 3 heterocycles. The summed E-state index contributed by atoms with van der Waals surface area (Å²) in [5, 5.41) is 16.4. The number of carbonyl (C=O) groups is 1. The average Bonchev–Trinajstić information content (AvgIpc) is 2.80. The predicted molar refractivity (Wildman–Crippen MR) is 119 cm³/mol. The molecule has 3 aromatic rings. The van der Waals surface area contributed by atoms with Crippen LogP contribution in [0.1, 0.15) is 11.4 Å². The second-order valence-electron chi connectivity index (χ2n) is 6.72. The summed E-state index contributed by atoms with van der Waals surface area (Å²) >= 11 is 7.48. The molecule has 0 atom stereocenters. The molecule has 9 nitrogen and oxygen atoms in total. The van der Waals surface area contributed by atoms with Gasteiger partial charge in [0.05, 0.1) is 25.0 Å². The van der Waals surface area contributed by atoms with Crippen molar-refractivity contribution in [2.45, 2.75) is 23.9 Å². The molecule has 0 bridgehead atoms. The molecule has 174 valence electrons. The predicted octanol–water partition coefficient (Wildman–Crippen LogP) is 2.17. The lowest BCUT2D eigenvalue weighted by atomic mass is 10.2. The first kappa shape index (κ1) is 24.4. The fourth-order valence-electron chi connectivity index (χ4n) is 2.86. The Morgan fingerprint density at radius 1 is 1.30 bits per heavy atom. The van der Waals surface area contributed by atoms with E-state index in [0.717, 1.165) is 27.9 Å². The van der Waals surface area contributed by atoms with E-state index in [0.29, 0.717) is 5.69 Å². The molecule has 0 saturated carbocycles. The number of anilines is 1. The van der Waals surface area contributed by atoms with E-state index in [2.05, 4.69) is 20.6 Å². The summed E-state index contributed by atoms with van der Waals surface area (Å²) < 4.78 is 29.8. The summed E-state index contributed by atoms with van der Waals surface area (Å²) in [6.07, 6.45) is 5.49. The fraction of sp³-hybridized carbons (Fsp3) is 0.250. The highest BCUT2D eigenvalue weighted by molar-refractivity contribution is 7.98. The Kier molecular flexibility index (Phi) is 7.82. The second kappa shape index (κ2) is 10.6. The SMILES string of the molecule is CSc1cccnc1CNC(=O)Cn1c(Cl)cnc(NCC(F)(F)c2cccc[n+]2[O-])c1=O. The van der Waals surface area contributed by atoms with E-state index >= 15 is 0 Å². The molecule has 13 heteroatoms. The van der Waals surface area contributed by atoms with Gasteiger partial charge in [-0.2, -0.15) is 13.5 Å². The van der Waals surface area contributed by atoms with E-state index in [1.807, 2.05) is 12.3 Å². The monoisotopic (exact) mass is 496 g/mol. The van der Waals surface area contributed by atoms with Crippen LogP contribution in [0, 0.1) is 5.21 Å². The van der Waals surface area contributed by atoms with Crippen molar-refractivity contribution in [2.24, 2.45) is 0 Å². The number of aromatic nitrogens is 4. The zero-order valence-electron chi connectivity index (χ0n) is 17.3. The van der Waals surface area contributed by atoms with Gasteiger partial charge in [0, 0.05) is 23.2 Å². The minimum absolute atomic E-state index is 0.0453. The summed E-state index contributed by atoms with van der Waals surface area (Å²) in [4.78, 5) is 33.9. The van der Waals surface area contributed by atoms with E-state index < -0.39 is 42.0 Å². The number of amides is 1. The third-order valence-electron chi connectivity index (χ3n) is 4.51. The average molecular weight is 497 g/mol. The van der Waals surface area contributed by atoms with Crippen LogP contribution in [0.2, 0.25) is 5.15 Å². The molecule has 0 aliphatic heterocycles. The number of hydrogen-bond acceptors (Lipinski definition) is 7. The Labute approximate surface area is 196 Å². The second-order valence-corrected chi connectivity index (χ2v) is 7.95. The standard InChI is InChI=1S/C20H19ClF2N6O3S/c1-33-14-5-4-7-24-13(14)9-25-17(30)11-28-16(21)10-26-18(19(28)31)27-12-20(22,23)15-6-2-3-8-29(15)32/h2-8,10H,9,11-12H2,1H3,(H,25,30)(H,26,27). The molecule has 0 aliphatic carbocycles. The Balaban J connectivity index is 1.70. The van der Waals surface area contributed by atoms with Crippen LogP contribution < -0.4 is 20.9 Å². The van der Waals surface area contributed by atoms with E-state index in [1.165, 1.54) is 23.9 Å². The van der Waals surface area contributed by atoms with E-state index in [4.69, 9.17) is 11.6 Å². The van der Waals surface area contributed by atoms with Crippen molar-refractivity contribution in [3.63, 3.8) is 0 Å². The molecular formula is C20H19ClF2N6O3S. The van der Waals surface area contributed by atoms with Crippen molar-refractivity contribution in [1.29, 1.82) is 0 Å². The van der Waals surface area contributed by atoms with Crippen molar-refractivity contribution in [2.75, 3.05) is 18.1 Å². The number of thioether (sulfide) groups is 1. The van der Waals surface area contributed by atoms with Gasteiger partial charge in [-0.25, -0.2) is 4.98 Å². The van der Waals surface area contributed by atoms with E-state index in [-0.39, 0.29) is 16.4 Å². The Morgan fingerprint density at radius 3 is 2.82 bits per heavy atom. The van der Waals surface area contributed by atoms with Gasteiger partial charge in [-0.3, -0.25) is 19.1 Å². The number of nitrogens with one attached hydrogen (secondary N) is 2. The molecule has 0 aromatic carbocycles. The van der Waals surface area contributed by atoms with Gasteiger partial charge < -0.3 is 15.8 Å². The van der Waals surface area contributed by atoms with Crippen LogP contribution >= 0.6 is 23.4 Å². The van der Waals surface area contributed by atoms with Gasteiger partial charge in [0.15, 0.2) is 12.0 Å². The van der Waals surface area contributed by atoms with Crippen molar-refractivity contribution in [3.8, 4) is 0 Å². The highest BCUT2D eigenvalue weighted by atomic mass is 35.5. The van der Waals surface area contributed by atoms with Gasteiger partial charge in [-0.15, -0.1) is 11.8 Å². The maximum Gasteiger partial charge on any atom is 0.347 e. The number of nitrogens with zero attached hydrogens (tertiary/aromatic N) is 4. The minimum Gasteiger partial charge on any atom is -0.618 e. The minimum atomic E-state index is -3.59. The molecule has 0 saturated heterocycles. The topological polar surface area (TPSA) is 116 Å². The number of pyridine rings is 2. The number of rotatable bonds is 9. The maximum atomic E-state index is 14.4. The van der Waals surface area contributed by atoms with Gasteiger partial charge in [0.25, 0.3) is 11.3 Å². The van der Waals surface area contributed by atoms with Crippen molar-refractivity contribution < 1.29 is 18.3 Å². The van der Waals surface area contributed by atoms with E-state index in [1.54, 1.807) is 12.3 Å². The maximum absolute atomic E-state index is 14.4. The largest absolute Gasteiger partial charge is 0.618 e. The normalized spacial score (nSPS) is 11.3. The van der Waals surface area contributed by atoms with Gasteiger partial charge >= 0.3 is 5.92 Å². The Bertz CT molecular complexity index is 1210. The zero-order valence-corrected chi connectivity index (χ0v) is 18.9. The van der Waals surface area contributed by atoms with Crippen LogP contribution in [0.15, 0.2) is 58.6 Å². The summed E-state index contributed by atoms with van der Waals surface area (Å²) in [6, 6.07) is 7.24. The molecule has 3 rings (SSSR count). The zero-order chi connectivity index (χ0) is 24.0. The Morgan fingerprint density at radius 2 is 2.09 bits per heavy atom. The lowest BCUT2D eigenvalue weighted by Crippen LogP contribution is -2.41. The number of carbonyl (C=O) groups excluding carboxylic acids is 1. The van der Waals surface area contributed by atoms with Gasteiger partial charge in [0.2, 0.25) is 5.91 Å². The molecule has 0 aliphatic rings. The third-order valence-corrected chi connectivity index (χ3v) is 5.62. The molecule has 33 heavy (non-hydrogen) atoms. The molecule has 0 spiro atoms. The van der Waals surface area contributed by atoms with Gasteiger partial charge in [-0.1, -0.05) is 11.6 Å².